The number of benzene rings is 1. The third-order valence-corrected chi connectivity index (χ3v) is 4.51. The van der Waals surface area contributed by atoms with Crippen molar-refractivity contribution in [3.8, 4) is 22.9 Å². The van der Waals surface area contributed by atoms with E-state index < -0.39 is 0 Å². The molecule has 0 atom stereocenters. The first kappa shape index (κ1) is 18.0. The highest BCUT2D eigenvalue weighted by atomic mass is 16.5. The Labute approximate surface area is 162 Å². The number of rotatable bonds is 5. The number of fused-ring (bicyclic) bond motifs is 1. The molecule has 7 heteroatoms. The summed E-state index contributed by atoms with van der Waals surface area (Å²) in [5, 5.41) is 3.31. The second-order valence-corrected chi connectivity index (χ2v) is 6.52. The van der Waals surface area contributed by atoms with Gasteiger partial charge in [-0.2, -0.15) is 0 Å². The molecule has 0 saturated carbocycles. The minimum atomic E-state index is -0.156. The molecule has 144 valence electrons. The summed E-state index contributed by atoms with van der Waals surface area (Å²) < 4.78 is 11.6. The van der Waals surface area contributed by atoms with E-state index in [1.54, 1.807) is 6.20 Å². The van der Waals surface area contributed by atoms with Gasteiger partial charge in [0.15, 0.2) is 11.5 Å². The SMILES string of the molecule is CCc1cc(=O)[nH]c(-c2ccc(NCc3cccc4c3OCCCO4)nc2)n1. The third-order valence-electron chi connectivity index (χ3n) is 4.51. The van der Waals surface area contributed by atoms with E-state index in [1.165, 1.54) is 6.07 Å². The first-order valence-corrected chi connectivity index (χ1v) is 9.41. The first-order chi connectivity index (χ1) is 13.7. The van der Waals surface area contributed by atoms with Crippen LogP contribution in [0.25, 0.3) is 11.4 Å². The summed E-state index contributed by atoms with van der Waals surface area (Å²) in [7, 11) is 0. The van der Waals surface area contributed by atoms with E-state index in [-0.39, 0.29) is 5.56 Å². The Hall–Kier alpha value is -3.35. The van der Waals surface area contributed by atoms with Crippen LogP contribution in [-0.4, -0.2) is 28.2 Å². The van der Waals surface area contributed by atoms with Crippen molar-refractivity contribution >= 4 is 5.82 Å². The van der Waals surface area contributed by atoms with Crippen molar-refractivity contribution in [2.75, 3.05) is 18.5 Å². The molecule has 0 fully saturated rings. The van der Waals surface area contributed by atoms with Crippen LogP contribution in [0.15, 0.2) is 47.4 Å². The van der Waals surface area contributed by atoms with Crippen LogP contribution in [0.3, 0.4) is 0 Å². The van der Waals surface area contributed by atoms with E-state index in [4.69, 9.17) is 9.47 Å². The van der Waals surface area contributed by atoms with Crippen molar-refractivity contribution in [2.24, 2.45) is 0 Å². The number of nitrogens with zero attached hydrogens (tertiary/aromatic N) is 2. The maximum atomic E-state index is 11.8. The topological polar surface area (TPSA) is 89.1 Å². The highest BCUT2D eigenvalue weighted by Crippen LogP contribution is 2.33. The number of H-pyrrole nitrogens is 1. The summed E-state index contributed by atoms with van der Waals surface area (Å²) in [5.41, 5.74) is 2.39. The third kappa shape index (κ3) is 3.98. The first-order valence-electron chi connectivity index (χ1n) is 9.41. The molecule has 7 nitrogen and oxygen atoms in total. The molecule has 1 aliphatic rings. The largest absolute Gasteiger partial charge is 0.490 e. The van der Waals surface area contributed by atoms with Gasteiger partial charge in [-0.15, -0.1) is 0 Å². The Morgan fingerprint density at radius 1 is 1.18 bits per heavy atom. The Morgan fingerprint density at radius 2 is 2.07 bits per heavy atom. The highest BCUT2D eigenvalue weighted by Gasteiger charge is 2.14. The number of aromatic nitrogens is 3. The fourth-order valence-electron chi connectivity index (χ4n) is 3.04. The number of ether oxygens (including phenoxy) is 2. The van der Waals surface area contributed by atoms with Crippen molar-refractivity contribution < 1.29 is 9.47 Å². The minimum absolute atomic E-state index is 0.156. The lowest BCUT2D eigenvalue weighted by Crippen LogP contribution is -2.10. The number of nitrogens with one attached hydrogen (secondary N) is 2. The van der Waals surface area contributed by atoms with Gasteiger partial charge in [0.05, 0.1) is 13.2 Å². The standard InChI is InChI=1S/C21H22N4O3/c1-2-16-11-19(26)25-21(24-16)15-7-8-18(23-13-15)22-12-14-5-3-6-17-20(14)28-10-4-9-27-17/h3,5-8,11,13H,2,4,9-10,12H2,1H3,(H,22,23)(H,24,25,26). The Bertz CT molecular complexity index is 1010. The molecule has 0 bridgehead atoms. The summed E-state index contributed by atoms with van der Waals surface area (Å²) >= 11 is 0. The van der Waals surface area contributed by atoms with Gasteiger partial charge in [-0.1, -0.05) is 19.1 Å². The molecule has 2 aromatic heterocycles. The quantitative estimate of drug-likeness (QED) is 0.709. The van der Waals surface area contributed by atoms with Crippen molar-refractivity contribution in [3.05, 3.63) is 64.2 Å². The van der Waals surface area contributed by atoms with Crippen molar-refractivity contribution in [1.29, 1.82) is 0 Å². The molecule has 0 unspecified atom stereocenters. The average molecular weight is 378 g/mol. The lowest BCUT2D eigenvalue weighted by Gasteiger charge is -2.13. The monoisotopic (exact) mass is 378 g/mol. The van der Waals surface area contributed by atoms with Crippen molar-refractivity contribution in [3.63, 3.8) is 0 Å². The van der Waals surface area contributed by atoms with E-state index in [9.17, 15) is 4.79 Å². The fourth-order valence-corrected chi connectivity index (χ4v) is 3.04. The highest BCUT2D eigenvalue weighted by molar-refractivity contribution is 5.56. The van der Waals surface area contributed by atoms with Crippen molar-refractivity contribution in [1.82, 2.24) is 15.0 Å². The summed E-state index contributed by atoms with van der Waals surface area (Å²) in [4.78, 5) is 23.4. The predicted octanol–water partition coefficient (Wildman–Crippen LogP) is 3.17. The smallest absolute Gasteiger partial charge is 0.251 e. The molecule has 0 saturated heterocycles. The molecule has 3 aromatic rings. The lowest BCUT2D eigenvalue weighted by atomic mass is 10.2. The Balaban J connectivity index is 1.49. The number of aryl methyl sites for hydroxylation is 1. The van der Waals surface area contributed by atoms with E-state index in [0.717, 1.165) is 40.6 Å². The summed E-state index contributed by atoms with van der Waals surface area (Å²) in [6, 6.07) is 11.2. The van der Waals surface area contributed by atoms with Crippen LogP contribution in [0.2, 0.25) is 0 Å². The molecule has 0 amide bonds. The van der Waals surface area contributed by atoms with Gasteiger partial charge in [0.1, 0.15) is 11.6 Å². The Morgan fingerprint density at radius 3 is 2.89 bits per heavy atom. The van der Waals surface area contributed by atoms with Gasteiger partial charge in [-0.25, -0.2) is 9.97 Å². The van der Waals surface area contributed by atoms with Gasteiger partial charge < -0.3 is 19.8 Å². The number of pyridine rings is 1. The minimum Gasteiger partial charge on any atom is -0.490 e. The lowest BCUT2D eigenvalue weighted by molar-refractivity contribution is 0.296. The molecule has 4 rings (SSSR count). The number of hydrogen-bond donors (Lipinski definition) is 2. The molecular formula is C21H22N4O3. The zero-order valence-corrected chi connectivity index (χ0v) is 15.7. The van der Waals surface area contributed by atoms with Gasteiger partial charge in [-0.3, -0.25) is 4.79 Å². The van der Waals surface area contributed by atoms with E-state index >= 15 is 0 Å². The van der Waals surface area contributed by atoms with Crippen molar-refractivity contribution in [2.45, 2.75) is 26.3 Å². The number of anilines is 1. The molecule has 0 aliphatic carbocycles. The van der Waals surface area contributed by atoms with E-state index in [0.29, 0.717) is 32.0 Å². The second-order valence-electron chi connectivity index (χ2n) is 6.52. The molecule has 1 aromatic carbocycles. The van der Waals surface area contributed by atoms with Crippen LogP contribution in [0.5, 0.6) is 11.5 Å². The molecular weight excluding hydrogens is 356 g/mol. The van der Waals surface area contributed by atoms with E-state index in [1.807, 2.05) is 37.3 Å². The van der Waals surface area contributed by atoms with Gasteiger partial charge in [0, 0.05) is 42.0 Å². The van der Waals surface area contributed by atoms with Gasteiger partial charge in [0.25, 0.3) is 5.56 Å². The molecule has 3 heterocycles. The summed E-state index contributed by atoms with van der Waals surface area (Å²) in [6.07, 6.45) is 3.28. The molecule has 28 heavy (non-hydrogen) atoms. The second kappa shape index (κ2) is 8.12. The van der Waals surface area contributed by atoms with Crippen LogP contribution in [-0.2, 0) is 13.0 Å². The van der Waals surface area contributed by atoms with Gasteiger partial charge >= 0.3 is 0 Å². The zero-order chi connectivity index (χ0) is 19.3. The van der Waals surface area contributed by atoms with Gasteiger partial charge in [0.2, 0.25) is 0 Å². The maximum absolute atomic E-state index is 11.8. The Kier molecular flexibility index (Phi) is 5.23. The molecule has 2 N–H and O–H groups in total. The summed E-state index contributed by atoms with van der Waals surface area (Å²) in [6.45, 7) is 3.86. The normalized spacial score (nSPS) is 13.0. The van der Waals surface area contributed by atoms with Crippen LogP contribution >= 0.6 is 0 Å². The van der Waals surface area contributed by atoms with Gasteiger partial charge in [-0.05, 0) is 24.6 Å². The molecule has 0 spiro atoms. The zero-order valence-electron chi connectivity index (χ0n) is 15.7. The van der Waals surface area contributed by atoms with Crippen LogP contribution in [0.1, 0.15) is 24.6 Å². The van der Waals surface area contributed by atoms with Crippen LogP contribution in [0, 0.1) is 0 Å². The molecule has 0 radical (unpaired) electrons. The average Bonchev–Trinajstić information content (AvgIpc) is 2.98. The van der Waals surface area contributed by atoms with E-state index in [2.05, 4.69) is 20.3 Å². The number of aromatic amines is 1. The predicted molar refractivity (Wildman–Crippen MR) is 107 cm³/mol. The van der Waals surface area contributed by atoms with Crippen LogP contribution < -0.4 is 20.3 Å². The maximum Gasteiger partial charge on any atom is 0.251 e. The fraction of sp³-hybridized carbons (Fsp3) is 0.286. The summed E-state index contributed by atoms with van der Waals surface area (Å²) in [5.74, 6) is 2.83. The number of hydrogen-bond acceptors (Lipinski definition) is 6. The number of para-hydroxylation sites is 1. The molecule has 1 aliphatic heterocycles. The van der Waals surface area contributed by atoms with Crippen LogP contribution in [0.4, 0.5) is 5.82 Å².